The molecular weight excluding hydrogens is 290 g/mol. The Hall–Kier alpha value is -1.99. The van der Waals surface area contributed by atoms with E-state index >= 15 is 0 Å². The van der Waals surface area contributed by atoms with Gasteiger partial charge in [0.1, 0.15) is 0 Å². The first-order valence-electron chi connectivity index (χ1n) is 7.22. The molecule has 0 aliphatic heterocycles. The second kappa shape index (κ2) is 9.86. The summed E-state index contributed by atoms with van der Waals surface area (Å²) in [5, 5.41) is 17.6. The summed E-state index contributed by atoms with van der Waals surface area (Å²) in [6.07, 6.45) is 0.921. The van der Waals surface area contributed by atoms with Gasteiger partial charge in [-0.15, -0.1) is 0 Å². The van der Waals surface area contributed by atoms with Crippen LogP contribution in [0.1, 0.15) is 30.1 Å². The summed E-state index contributed by atoms with van der Waals surface area (Å²) in [5.41, 5.74) is 6.29. The van der Waals surface area contributed by atoms with Crippen molar-refractivity contribution in [2.24, 2.45) is 0 Å². The second-order valence-electron chi connectivity index (χ2n) is 4.46. The molecule has 0 amide bonds. The van der Waals surface area contributed by atoms with E-state index in [0.717, 1.165) is 0 Å². The molecule has 0 saturated heterocycles. The highest BCUT2D eigenvalue weighted by Crippen LogP contribution is 2.33. The summed E-state index contributed by atoms with van der Waals surface area (Å²) in [5.74, 6) is 0.203. The Labute approximate surface area is 129 Å². The molecule has 1 aromatic rings. The van der Waals surface area contributed by atoms with Crippen LogP contribution in [0.3, 0.4) is 0 Å². The van der Waals surface area contributed by atoms with Gasteiger partial charge >= 0.3 is 5.97 Å². The zero-order valence-electron chi connectivity index (χ0n) is 12.7. The number of hydrogen-bond acceptors (Lipinski definition) is 7. The van der Waals surface area contributed by atoms with E-state index in [2.05, 4.69) is 0 Å². The molecule has 0 aromatic heterocycles. The van der Waals surface area contributed by atoms with Crippen molar-refractivity contribution >= 4 is 11.7 Å². The zero-order valence-corrected chi connectivity index (χ0v) is 12.7. The van der Waals surface area contributed by atoms with Crippen LogP contribution in [0.5, 0.6) is 11.5 Å². The van der Waals surface area contributed by atoms with Gasteiger partial charge in [-0.25, -0.2) is 4.79 Å². The topological polar surface area (TPSA) is 111 Å². The van der Waals surface area contributed by atoms with Crippen molar-refractivity contribution in [1.29, 1.82) is 0 Å². The lowest BCUT2D eigenvalue weighted by molar-refractivity contribution is 0.0527. The zero-order chi connectivity index (χ0) is 16.4. The average Bonchev–Trinajstić information content (AvgIpc) is 2.49. The minimum absolute atomic E-state index is 0.000406. The molecule has 0 aliphatic rings. The Balaban J connectivity index is 2.97. The van der Waals surface area contributed by atoms with Crippen molar-refractivity contribution in [3.05, 3.63) is 17.7 Å². The lowest BCUT2D eigenvalue weighted by Gasteiger charge is -2.15. The molecule has 1 aromatic carbocycles. The van der Waals surface area contributed by atoms with Gasteiger partial charge in [-0.3, -0.25) is 0 Å². The van der Waals surface area contributed by atoms with Crippen molar-refractivity contribution in [1.82, 2.24) is 0 Å². The Morgan fingerprint density at radius 3 is 2.14 bits per heavy atom. The summed E-state index contributed by atoms with van der Waals surface area (Å²) in [6, 6.07) is 2.97. The number of aliphatic hydroxyl groups is 2. The lowest BCUT2D eigenvalue weighted by atomic mass is 10.1. The van der Waals surface area contributed by atoms with Crippen molar-refractivity contribution < 1.29 is 29.2 Å². The third kappa shape index (κ3) is 5.42. The molecular formula is C15H23NO6. The highest BCUT2D eigenvalue weighted by atomic mass is 16.5. The Bertz CT molecular complexity index is 477. The molecule has 0 bridgehead atoms. The minimum Gasteiger partial charge on any atom is -0.490 e. The van der Waals surface area contributed by atoms with Crippen molar-refractivity contribution in [2.45, 2.75) is 19.8 Å². The van der Waals surface area contributed by atoms with Crippen LogP contribution < -0.4 is 15.2 Å². The summed E-state index contributed by atoms with van der Waals surface area (Å²) < 4.78 is 16.0. The maximum Gasteiger partial charge on any atom is 0.340 e. The van der Waals surface area contributed by atoms with E-state index in [4.69, 9.17) is 30.2 Å². The van der Waals surface area contributed by atoms with Crippen molar-refractivity contribution in [3.63, 3.8) is 0 Å². The number of carbonyl (C=O) groups excluding carboxylic acids is 1. The minimum atomic E-state index is -0.533. The first-order valence-corrected chi connectivity index (χ1v) is 7.22. The van der Waals surface area contributed by atoms with Crippen LogP contribution in [-0.2, 0) is 4.74 Å². The van der Waals surface area contributed by atoms with Gasteiger partial charge in [0, 0.05) is 38.2 Å². The molecule has 0 aliphatic carbocycles. The third-order valence-electron chi connectivity index (χ3n) is 2.73. The smallest absolute Gasteiger partial charge is 0.340 e. The standard InChI is InChI=1S/C15H23NO6/c1-2-20-15(19)11-9-13(21-7-3-5-17)14(10-12(11)16)22-8-4-6-18/h9-10,17-18H,2-8,16H2,1H3. The number of aliphatic hydroxyl groups excluding tert-OH is 2. The largest absolute Gasteiger partial charge is 0.490 e. The van der Waals surface area contributed by atoms with Gasteiger partial charge in [0.2, 0.25) is 0 Å². The SMILES string of the molecule is CCOC(=O)c1cc(OCCCO)c(OCCCO)cc1N. The van der Waals surface area contributed by atoms with Crippen LogP contribution in [0.25, 0.3) is 0 Å². The molecule has 0 atom stereocenters. The van der Waals surface area contributed by atoms with Gasteiger partial charge in [0.05, 0.1) is 31.1 Å². The predicted molar refractivity (Wildman–Crippen MR) is 81.2 cm³/mol. The van der Waals surface area contributed by atoms with Gasteiger partial charge < -0.3 is 30.2 Å². The molecule has 0 saturated carbocycles. The summed E-state index contributed by atoms with van der Waals surface area (Å²) in [6.45, 7) is 2.54. The maximum absolute atomic E-state index is 11.8. The van der Waals surface area contributed by atoms with Crippen molar-refractivity contribution in [2.75, 3.05) is 38.8 Å². The molecule has 22 heavy (non-hydrogen) atoms. The van der Waals surface area contributed by atoms with E-state index in [-0.39, 0.29) is 37.7 Å². The van der Waals surface area contributed by atoms with Gasteiger partial charge in [-0.1, -0.05) is 0 Å². The monoisotopic (exact) mass is 313 g/mol. The molecule has 4 N–H and O–H groups in total. The summed E-state index contributed by atoms with van der Waals surface area (Å²) >= 11 is 0. The van der Waals surface area contributed by atoms with Crippen LogP contribution in [0.2, 0.25) is 0 Å². The molecule has 7 heteroatoms. The third-order valence-corrected chi connectivity index (χ3v) is 2.73. The van der Waals surface area contributed by atoms with E-state index in [1.165, 1.54) is 12.1 Å². The quantitative estimate of drug-likeness (QED) is 0.335. The first kappa shape index (κ1) is 18.1. The van der Waals surface area contributed by atoms with E-state index in [0.29, 0.717) is 30.9 Å². The number of ether oxygens (including phenoxy) is 3. The highest BCUT2D eigenvalue weighted by Gasteiger charge is 2.17. The molecule has 1 rings (SSSR count). The molecule has 0 heterocycles. The number of rotatable bonds is 10. The van der Waals surface area contributed by atoms with Gasteiger partial charge in [0.15, 0.2) is 11.5 Å². The van der Waals surface area contributed by atoms with E-state index in [1.807, 2.05) is 0 Å². The van der Waals surface area contributed by atoms with Crippen LogP contribution >= 0.6 is 0 Å². The van der Waals surface area contributed by atoms with Gasteiger partial charge in [-0.2, -0.15) is 0 Å². The molecule has 0 spiro atoms. The average molecular weight is 313 g/mol. The second-order valence-corrected chi connectivity index (χ2v) is 4.46. The fourth-order valence-corrected chi connectivity index (χ4v) is 1.68. The lowest BCUT2D eigenvalue weighted by Crippen LogP contribution is -2.11. The van der Waals surface area contributed by atoms with Gasteiger partial charge in [-0.05, 0) is 6.92 Å². The number of nitrogen functional groups attached to an aromatic ring is 1. The van der Waals surface area contributed by atoms with E-state index in [9.17, 15) is 4.79 Å². The van der Waals surface area contributed by atoms with Crippen molar-refractivity contribution in [3.8, 4) is 11.5 Å². The van der Waals surface area contributed by atoms with Crippen LogP contribution in [0.15, 0.2) is 12.1 Å². The Morgan fingerprint density at radius 2 is 1.64 bits per heavy atom. The number of esters is 1. The fourth-order valence-electron chi connectivity index (χ4n) is 1.68. The van der Waals surface area contributed by atoms with Crippen LogP contribution in [0, 0.1) is 0 Å². The summed E-state index contributed by atoms with van der Waals surface area (Å²) in [4.78, 5) is 11.8. The van der Waals surface area contributed by atoms with Crippen LogP contribution in [0.4, 0.5) is 5.69 Å². The number of nitrogens with two attached hydrogens (primary N) is 1. The molecule has 0 fully saturated rings. The predicted octanol–water partition coefficient (Wildman–Crippen LogP) is 0.968. The number of benzene rings is 1. The summed E-state index contributed by atoms with van der Waals surface area (Å²) in [7, 11) is 0. The number of hydrogen-bond donors (Lipinski definition) is 3. The molecule has 7 nitrogen and oxygen atoms in total. The molecule has 0 radical (unpaired) electrons. The Morgan fingerprint density at radius 1 is 1.09 bits per heavy atom. The van der Waals surface area contributed by atoms with E-state index < -0.39 is 5.97 Å². The normalized spacial score (nSPS) is 10.3. The Kier molecular flexibility index (Phi) is 8.09. The van der Waals surface area contributed by atoms with Crippen LogP contribution in [-0.4, -0.2) is 49.2 Å². The maximum atomic E-state index is 11.8. The van der Waals surface area contributed by atoms with E-state index in [1.54, 1.807) is 6.92 Å². The molecule has 0 unspecified atom stereocenters. The molecule has 124 valence electrons. The number of anilines is 1. The number of carbonyl (C=O) groups is 1. The fraction of sp³-hybridized carbons (Fsp3) is 0.533. The highest BCUT2D eigenvalue weighted by molar-refractivity contribution is 5.96. The van der Waals surface area contributed by atoms with Gasteiger partial charge in [0.25, 0.3) is 0 Å². The first-order chi connectivity index (χ1) is 10.6.